The SMILES string of the molecule is c1ccc(-c2cccc([Si](c3ccccc3)(c3ccccc3)c3cccc(-n4c5ccccc5c5ccc(-n6c7ccccc7c7ccc(C8CCCCC8)cc76)cc54)c3)c2)cc1. The van der Waals surface area contributed by atoms with Gasteiger partial charge in [-0.3, -0.25) is 0 Å². The first-order chi connectivity index (χ1) is 31.3. The van der Waals surface area contributed by atoms with Crippen molar-refractivity contribution < 1.29 is 0 Å². The van der Waals surface area contributed by atoms with Crippen LogP contribution in [0.25, 0.3) is 66.1 Å². The number of para-hydroxylation sites is 2. The predicted octanol–water partition coefficient (Wildman–Crippen LogP) is 13.0. The van der Waals surface area contributed by atoms with E-state index in [1.54, 1.807) is 0 Å². The van der Waals surface area contributed by atoms with E-state index in [0.29, 0.717) is 5.92 Å². The highest BCUT2D eigenvalue weighted by molar-refractivity contribution is 7.20. The van der Waals surface area contributed by atoms with Gasteiger partial charge in [-0.25, -0.2) is 0 Å². The maximum absolute atomic E-state index is 2.90. The summed E-state index contributed by atoms with van der Waals surface area (Å²) in [6.45, 7) is 0. The van der Waals surface area contributed by atoms with Gasteiger partial charge in [0.25, 0.3) is 0 Å². The molecule has 0 amide bonds. The largest absolute Gasteiger partial charge is 0.309 e. The normalized spacial score (nSPS) is 13.7. The Kier molecular flexibility index (Phi) is 9.30. The highest BCUT2D eigenvalue weighted by Gasteiger charge is 2.42. The van der Waals surface area contributed by atoms with E-state index in [1.165, 1.54) is 125 Å². The van der Waals surface area contributed by atoms with Crippen LogP contribution in [0.2, 0.25) is 0 Å². The summed E-state index contributed by atoms with van der Waals surface area (Å²) in [6, 6.07) is 84.7. The third kappa shape index (κ3) is 6.21. The van der Waals surface area contributed by atoms with Gasteiger partial charge in [0.1, 0.15) is 0 Å². The second-order valence-corrected chi connectivity index (χ2v) is 21.3. The maximum Gasteiger partial charge on any atom is 0.179 e. The standard InChI is InChI=1S/C60H48N2Si/c1-5-19-43(20-6-1)45-23-17-29-51(39-45)63(49-25-9-3-10-26-49,50-27-11-4-12-28-50)52-30-18-24-47(41-52)61-57-33-15-14-32-54(57)56-38-36-48(42-60(56)61)62-58-34-16-13-31-53(58)55-37-35-46(40-59(55)62)44-21-7-2-8-22-44/h1,3-6,9-20,23-42,44H,2,7-8,21-22H2. The molecule has 2 nitrogen and oxygen atoms in total. The first kappa shape index (κ1) is 37.5. The van der Waals surface area contributed by atoms with Crippen molar-refractivity contribution in [2.75, 3.05) is 0 Å². The molecule has 1 saturated carbocycles. The molecule has 9 aromatic carbocycles. The Balaban J connectivity index is 1.10. The van der Waals surface area contributed by atoms with Crippen molar-refractivity contribution >= 4 is 72.4 Å². The van der Waals surface area contributed by atoms with Gasteiger partial charge < -0.3 is 9.13 Å². The van der Waals surface area contributed by atoms with E-state index >= 15 is 0 Å². The molecular formula is C60H48N2Si. The van der Waals surface area contributed by atoms with Crippen LogP contribution in [0.5, 0.6) is 0 Å². The summed E-state index contributed by atoms with van der Waals surface area (Å²) >= 11 is 0. The smallest absolute Gasteiger partial charge is 0.179 e. The lowest BCUT2D eigenvalue weighted by molar-refractivity contribution is 0.444. The van der Waals surface area contributed by atoms with Gasteiger partial charge in [0.05, 0.1) is 22.1 Å². The zero-order valence-corrected chi connectivity index (χ0v) is 36.4. The fraction of sp³-hybridized carbons (Fsp3) is 0.100. The Hall–Kier alpha value is -7.20. The minimum Gasteiger partial charge on any atom is -0.309 e. The first-order valence-corrected chi connectivity index (χ1v) is 24.7. The number of nitrogens with zero attached hydrogens (tertiary/aromatic N) is 2. The maximum atomic E-state index is 2.53. The third-order valence-electron chi connectivity index (χ3n) is 14.0. The lowest BCUT2D eigenvalue weighted by Gasteiger charge is -2.35. The fourth-order valence-electron chi connectivity index (χ4n) is 11.1. The van der Waals surface area contributed by atoms with Crippen LogP contribution in [0.3, 0.4) is 0 Å². The molecule has 1 aliphatic carbocycles. The van der Waals surface area contributed by atoms with Gasteiger partial charge in [0, 0.05) is 32.9 Å². The second-order valence-electron chi connectivity index (χ2n) is 17.5. The Morgan fingerprint density at radius 2 is 0.794 bits per heavy atom. The van der Waals surface area contributed by atoms with Gasteiger partial charge in [-0.2, -0.15) is 0 Å². The van der Waals surface area contributed by atoms with Crippen LogP contribution in [0.4, 0.5) is 0 Å². The molecule has 11 aromatic rings. The molecule has 2 aromatic heterocycles. The van der Waals surface area contributed by atoms with Gasteiger partial charge in [-0.15, -0.1) is 0 Å². The van der Waals surface area contributed by atoms with Crippen LogP contribution < -0.4 is 20.7 Å². The van der Waals surface area contributed by atoms with Crippen LogP contribution in [-0.4, -0.2) is 17.2 Å². The number of fused-ring (bicyclic) bond motifs is 6. The number of aromatic nitrogens is 2. The van der Waals surface area contributed by atoms with Crippen molar-refractivity contribution in [3.05, 3.63) is 230 Å². The lowest BCUT2D eigenvalue weighted by Crippen LogP contribution is -2.74. The highest BCUT2D eigenvalue weighted by Crippen LogP contribution is 2.40. The summed E-state index contributed by atoms with van der Waals surface area (Å²) in [6.07, 6.45) is 6.59. The average molecular weight is 825 g/mol. The van der Waals surface area contributed by atoms with E-state index in [4.69, 9.17) is 0 Å². The molecule has 0 radical (unpaired) electrons. The monoisotopic (exact) mass is 824 g/mol. The van der Waals surface area contributed by atoms with E-state index in [1.807, 2.05) is 0 Å². The zero-order chi connectivity index (χ0) is 41.7. The summed E-state index contributed by atoms with van der Waals surface area (Å²) in [5, 5.41) is 10.6. The summed E-state index contributed by atoms with van der Waals surface area (Å²) in [5.41, 5.74) is 11.3. The molecule has 0 saturated heterocycles. The molecule has 0 aliphatic heterocycles. The summed E-state index contributed by atoms with van der Waals surface area (Å²) in [5.74, 6) is 0.634. The molecule has 3 heteroatoms. The highest BCUT2D eigenvalue weighted by atomic mass is 28.3. The van der Waals surface area contributed by atoms with Gasteiger partial charge in [-0.1, -0.05) is 201 Å². The minimum absolute atomic E-state index is 0.634. The zero-order valence-electron chi connectivity index (χ0n) is 35.4. The molecule has 302 valence electrons. The van der Waals surface area contributed by atoms with Crippen LogP contribution in [0, 0.1) is 0 Å². The second kappa shape index (κ2) is 15.6. The van der Waals surface area contributed by atoms with Crippen LogP contribution in [0.15, 0.2) is 224 Å². The summed E-state index contributed by atoms with van der Waals surface area (Å²) in [7, 11) is -2.90. The topological polar surface area (TPSA) is 9.86 Å². The van der Waals surface area contributed by atoms with E-state index in [9.17, 15) is 0 Å². The Morgan fingerprint density at radius 1 is 0.317 bits per heavy atom. The summed E-state index contributed by atoms with van der Waals surface area (Å²) in [4.78, 5) is 0. The van der Waals surface area contributed by atoms with Crippen molar-refractivity contribution in [1.82, 2.24) is 9.13 Å². The average Bonchev–Trinajstić information content (AvgIpc) is 3.88. The molecule has 0 unspecified atom stereocenters. The number of hydrogen-bond donors (Lipinski definition) is 0. The van der Waals surface area contributed by atoms with E-state index in [2.05, 4.69) is 234 Å². The number of rotatable bonds is 8. The molecule has 1 aliphatic rings. The lowest BCUT2D eigenvalue weighted by atomic mass is 9.84. The van der Waals surface area contributed by atoms with Crippen molar-refractivity contribution in [3.8, 4) is 22.5 Å². The fourth-order valence-corrected chi connectivity index (χ4v) is 16.0. The molecule has 0 N–H and O–H groups in total. The van der Waals surface area contributed by atoms with Crippen molar-refractivity contribution in [1.29, 1.82) is 0 Å². The van der Waals surface area contributed by atoms with E-state index in [-0.39, 0.29) is 0 Å². The van der Waals surface area contributed by atoms with Gasteiger partial charge >= 0.3 is 0 Å². The Labute approximate surface area is 370 Å². The number of benzene rings is 9. The van der Waals surface area contributed by atoms with Crippen LogP contribution in [-0.2, 0) is 0 Å². The molecular weight excluding hydrogens is 777 g/mol. The minimum atomic E-state index is -2.90. The molecule has 2 heterocycles. The Morgan fingerprint density at radius 3 is 1.44 bits per heavy atom. The van der Waals surface area contributed by atoms with Crippen molar-refractivity contribution in [2.45, 2.75) is 38.0 Å². The molecule has 0 bridgehead atoms. The van der Waals surface area contributed by atoms with Gasteiger partial charge in [0.15, 0.2) is 8.07 Å². The molecule has 12 rings (SSSR count). The first-order valence-electron chi connectivity index (χ1n) is 22.7. The van der Waals surface area contributed by atoms with E-state index < -0.39 is 8.07 Å². The van der Waals surface area contributed by atoms with Gasteiger partial charge in [-0.05, 0) is 98.7 Å². The van der Waals surface area contributed by atoms with Crippen molar-refractivity contribution in [2.24, 2.45) is 0 Å². The van der Waals surface area contributed by atoms with Crippen LogP contribution in [0.1, 0.15) is 43.6 Å². The Bertz CT molecular complexity index is 3390. The molecule has 0 spiro atoms. The molecule has 63 heavy (non-hydrogen) atoms. The molecule has 1 fully saturated rings. The number of hydrogen-bond acceptors (Lipinski definition) is 0. The quantitative estimate of drug-likeness (QED) is 0.107. The van der Waals surface area contributed by atoms with E-state index in [0.717, 1.165) is 0 Å². The predicted molar refractivity (Wildman–Crippen MR) is 270 cm³/mol. The van der Waals surface area contributed by atoms with Crippen molar-refractivity contribution in [3.63, 3.8) is 0 Å². The third-order valence-corrected chi connectivity index (χ3v) is 18.8. The summed E-state index contributed by atoms with van der Waals surface area (Å²) < 4.78 is 5.05. The van der Waals surface area contributed by atoms with Crippen LogP contribution >= 0.6 is 0 Å². The van der Waals surface area contributed by atoms with Gasteiger partial charge in [0.2, 0.25) is 0 Å². The molecule has 0 atom stereocenters.